The van der Waals surface area contributed by atoms with Crippen molar-refractivity contribution in [1.82, 2.24) is 21.7 Å². The molecule has 0 bridgehead atoms. The van der Waals surface area contributed by atoms with Crippen molar-refractivity contribution in [1.29, 1.82) is 0 Å². The van der Waals surface area contributed by atoms with E-state index in [2.05, 4.69) is 21.7 Å². The molecule has 0 spiro atoms. The number of carbonyl (C=O) groups excluding carboxylic acids is 4. The van der Waals surface area contributed by atoms with Crippen LogP contribution in [0.1, 0.15) is 76.3 Å². The number of rotatable bonds is 10. The Morgan fingerprint density at radius 2 is 0.975 bits per heavy atom. The van der Waals surface area contributed by atoms with Gasteiger partial charge in [0, 0.05) is 11.8 Å². The van der Waals surface area contributed by atoms with Crippen LogP contribution in [-0.2, 0) is 19.2 Å². The predicted octanol–water partition coefficient (Wildman–Crippen LogP) is 3.49. The van der Waals surface area contributed by atoms with E-state index in [0.29, 0.717) is 37.2 Å². The summed E-state index contributed by atoms with van der Waals surface area (Å²) in [5.41, 5.74) is 11.7. The first-order valence-electron chi connectivity index (χ1n) is 13.8. The van der Waals surface area contributed by atoms with Gasteiger partial charge in [-0.05, 0) is 60.8 Å². The van der Waals surface area contributed by atoms with E-state index in [1.165, 1.54) is 0 Å². The SMILES string of the molecule is CC(C)c1ccccc1OCC(=O)NNC(=O)C1CCC(C(=O)NNC(=O)COc2ccccc2C(C)C)CC1. The minimum atomic E-state index is -0.465. The van der Waals surface area contributed by atoms with Crippen molar-refractivity contribution in [3.05, 3.63) is 59.7 Å². The molecule has 4 amide bonds. The van der Waals surface area contributed by atoms with E-state index in [1.807, 2.05) is 76.2 Å². The molecule has 0 radical (unpaired) electrons. The first kappa shape index (κ1) is 30.5. The number of hydrogen-bond donors (Lipinski definition) is 4. The predicted molar refractivity (Wildman–Crippen MR) is 150 cm³/mol. The molecule has 10 heteroatoms. The van der Waals surface area contributed by atoms with Crippen LogP contribution in [0.3, 0.4) is 0 Å². The molecule has 2 aromatic carbocycles. The van der Waals surface area contributed by atoms with Gasteiger partial charge in [0.15, 0.2) is 13.2 Å². The van der Waals surface area contributed by atoms with Gasteiger partial charge in [0.1, 0.15) is 11.5 Å². The maximum Gasteiger partial charge on any atom is 0.276 e. The second-order valence-electron chi connectivity index (χ2n) is 10.6. The Morgan fingerprint density at radius 3 is 1.32 bits per heavy atom. The Labute approximate surface area is 235 Å². The molecule has 2 aromatic rings. The maximum atomic E-state index is 12.5. The first-order valence-corrected chi connectivity index (χ1v) is 13.8. The van der Waals surface area contributed by atoms with Gasteiger partial charge in [-0.3, -0.25) is 40.9 Å². The van der Waals surface area contributed by atoms with Crippen LogP contribution in [0.2, 0.25) is 0 Å². The molecule has 1 aliphatic carbocycles. The van der Waals surface area contributed by atoms with Crippen molar-refractivity contribution in [2.45, 2.75) is 65.2 Å². The lowest BCUT2D eigenvalue weighted by Gasteiger charge is -2.27. The third kappa shape index (κ3) is 9.00. The van der Waals surface area contributed by atoms with Gasteiger partial charge in [0.25, 0.3) is 11.8 Å². The number of amides is 4. The van der Waals surface area contributed by atoms with Crippen LogP contribution in [-0.4, -0.2) is 36.8 Å². The van der Waals surface area contributed by atoms with Crippen LogP contribution in [0, 0.1) is 11.8 Å². The van der Waals surface area contributed by atoms with Gasteiger partial charge < -0.3 is 9.47 Å². The minimum absolute atomic E-state index is 0.224. The Balaban J connectivity index is 1.33. The molecule has 10 nitrogen and oxygen atoms in total. The van der Waals surface area contributed by atoms with E-state index in [-0.39, 0.29) is 48.7 Å². The van der Waals surface area contributed by atoms with E-state index in [4.69, 9.17) is 9.47 Å². The van der Waals surface area contributed by atoms with Crippen molar-refractivity contribution in [2.24, 2.45) is 11.8 Å². The van der Waals surface area contributed by atoms with Gasteiger partial charge in [-0.1, -0.05) is 64.1 Å². The fraction of sp³-hybridized carbons (Fsp3) is 0.467. The molecule has 40 heavy (non-hydrogen) atoms. The zero-order valence-electron chi connectivity index (χ0n) is 23.6. The summed E-state index contributed by atoms with van der Waals surface area (Å²) in [5.74, 6) is -0.416. The molecule has 0 unspecified atom stereocenters. The van der Waals surface area contributed by atoms with Gasteiger partial charge in [-0.15, -0.1) is 0 Å². The highest BCUT2D eigenvalue weighted by atomic mass is 16.5. The monoisotopic (exact) mass is 552 g/mol. The Hall–Kier alpha value is -4.08. The Kier molecular flexibility index (Phi) is 11.4. The topological polar surface area (TPSA) is 135 Å². The number of para-hydroxylation sites is 2. The average molecular weight is 553 g/mol. The van der Waals surface area contributed by atoms with Gasteiger partial charge in [-0.2, -0.15) is 0 Å². The molecule has 0 saturated heterocycles. The summed E-state index contributed by atoms with van der Waals surface area (Å²) in [6.45, 7) is 7.72. The van der Waals surface area contributed by atoms with Gasteiger partial charge in [-0.25, -0.2) is 0 Å². The van der Waals surface area contributed by atoms with Crippen molar-refractivity contribution in [3.63, 3.8) is 0 Å². The molecular weight excluding hydrogens is 512 g/mol. The second kappa shape index (κ2) is 14.9. The zero-order chi connectivity index (χ0) is 29.1. The molecular formula is C30H40N4O6. The normalized spacial score (nSPS) is 16.6. The number of carbonyl (C=O) groups is 4. The summed E-state index contributed by atoms with van der Waals surface area (Å²) in [7, 11) is 0. The quantitative estimate of drug-likeness (QED) is 0.333. The third-order valence-corrected chi connectivity index (χ3v) is 6.92. The summed E-state index contributed by atoms with van der Waals surface area (Å²) in [5, 5.41) is 0. The summed E-state index contributed by atoms with van der Waals surface area (Å²) in [6.07, 6.45) is 1.95. The highest BCUT2D eigenvalue weighted by Gasteiger charge is 2.30. The average Bonchev–Trinajstić information content (AvgIpc) is 2.96. The third-order valence-electron chi connectivity index (χ3n) is 6.92. The van der Waals surface area contributed by atoms with E-state index in [0.717, 1.165) is 11.1 Å². The summed E-state index contributed by atoms with van der Waals surface area (Å²) < 4.78 is 11.2. The second-order valence-corrected chi connectivity index (χ2v) is 10.6. The maximum absolute atomic E-state index is 12.5. The molecule has 216 valence electrons. The number of hydrazine groups is 2. The van der Waals surface area contributed by atoms with E-state index in [1.54, 1.807) is 0 Å². The van der Waals surface area contributed by atoms with Gasteiger partial charge in [0.05, 0.1) is 0 Å². The van der Waals surface area contributed by atoms with Crippen LogP contribution < -0.4 is 31.2 Å². The van der Waals surface area contributed by atoms with E-state index >= 15 is 0 Å². The number of nitrogens with one attached hydrogen (secondary N) is 4. The van der Waals surface area contributed by atoms with Crippen LogP contribution in [0.25, 0.3) is 0 Å². The van der Waals surface area contributed by atoms with Gasteiger partial charge >= 0.3 is 0 Å². The fourth-order valence-electron chi connectivity index (χ4n) is 4.62. The number of hydrogen-bond acceptors (Lipinski definition) is 6. The summed E-state index contributed by atoms with van der Waals surface area (Å²) >= 11 is 0. The summed E-state index contributed by atoms with van der Waals surface area (Å²) in [6, 6.07) is 15.0. The number of benzene rings is 2. The van der Waals surface area contributed by atoms with Crippen molar-refractivity contribution in [2.75, 3.05) is 13.2 Å². The molecule has 0 aliphatic heterocycles. The van der Waals surface area contributed by atoms with Crippen molar-refractivity contribution in [3.8, 4) is 11.5 Å². The standard InChI is InChI=1S/C30H40N4O6/c1-19(2)23-9-5-7-11-25(23)39-17-27(35)31-33-29(37)21-13-15-22(16-14-21)30(38)34-32-28(36)18-40-26-12-8-6-10-24(26)20(3)4/h5-12,19-22H,13-18H2,1-4H3,(H,31,35)(H,32,36)(H,33,37)(H,34,38). The molecule has 0 heterocycles. The molecule has 3 rings (SSSR count). The van der Waals surface area contributed by atoms with Crippen LogP contribution in [0.5, 0.6) is 11.5 Å². The molecule has 1 fully saturated rings. The van der Waals surface area contributed by atoms with Crippen LogP contribution in [0.15, 0.2) is 48.5 Å². The molecule has 1 saturated carbocycles. The fourth-order valence-corrected chi connectivity index (χ4v) is 4.62. The highest BCUT2D eigenvalue weighted by molar-refractivity contribution is 5.85. The molecule has 0 atom stereocenters. The van der Waals surface area contributed by atoms with Crippen molar-refractivity contribution < 1.29 is 28.7 Å². The summed E-state index contributed by atoms with van der Waals surface area (Å²) in [4.78, 5) is 49.4. The number of ether oxygens (including phenoxy) is 2. The lowest BCUT2D eigenvalue weighted by Crippen LogP contribution is -2.49. The smallest absolute Gasteiger partial charge is 0.276 e. The zero-order valence-corrected chi connectivity index (χ0v) is 23.6. The van der Waals surface area contributed by atoms with E-state index < -0.39 is 11.8 Å². The minimum Gasteiger partial charge on any atom is -0.483 e. The van der Waals surface area contributed by atoms with Crippen LogP contribution >= 0.6 is 0 Å². The molecule has 0 aromatic heterocycles. The molecule has 1 aliphatic rings. The Morgan fingerprint density at radius 1 is 0.625 bits per heavy atom. The lowest BCUT2D eigenvalue weighted by molar-refractivity contribution is -0.135. The Bertz CT molecular complexity index is 1080. The highest BCUT2D eigenvalue weighted by Crippen LogP contribution is 2.29. The van der Waals surface area contributed by atoms with Crippen LogP contribution in [0.4, 0.5) is 0 Å². The van der Waals surface area contributed by atoms with Gasteiger partial charge in [0.2, 0.25) is 11.8 Å². The lowest BCUT2D eigenvalue weighted by atomic mass is 9.81. The largest absolute Gasteiger partial charge is 0.483 e. The molecule has 4 N–H and O–H groups in total. The van der Waals surface area contributed by atoms with Crippen molar-refractivity contribution >= 4 is 23.6 Å². The first-order chi connectivity index (χ1) is 19.2. The van der Waals surface area contributed by atoms with E-state index in [9.17, 15) is 19.2 Å².